The highest BCUT2D eigenvalue weighted by Crippen LogP contribution is 2.13. The van der Waals surface area contributed by atoms with Crippen LogP contribution in [0.5, 0.6) is 0 Å². The second-order valence-corrected chi connectivity index (χ2v) is 4.88. The van der Waals surface area contributed by atoms with Crippen molar-refractivity contribution >= 4 is 11.6 Å². The van der Waals surface area contributed by atoms with Gasteiger partial charge in [0.05, 0.1) is 12.2 Å². The smallest absolute Gasteiger partial charge is 0.234 e. The molecule has 1 aromatic rings. The molecule has 106 valence electrons. The molecule has 0 radical (unpaired) electrons. The Labute approximate surface area is 113 Å². The summed E-state index contributed by atoms with van der Waals surface area (Å²) in [6.07, 6.45) is 0. The molecule has 0 aliphatic rings. The molecule has 3 N–H and O–H groups in total. The lowest BCUT2D eigenvalue weighted by atomic mass is 10.2. The number of likely N-dealkylation sites (N-methyl/N-ethyl adjacent to an activating group) is 1. The van der Waals surface area contributed by atoms with Gasteiger partial charge in [0.25, 0.3) is 0 Å². The van der Waals surface area contributed by atoms with Gasteiger partial charge in [-0.1, -0.05) is 13.0 Å². The third-order valence-electron chi connectivity index (χ3n) is 2.74. The quantitative estimate of drug-likeness (QED) is 0.772. The average molecular weight is 267 g/mol. The fourth-order valence-electron chi connectivity index (χ4n) is 1.78. The molecule has 0 unspecified atom stereocenters. The monoisotopic (exact) mass is 267 g/mol. The second-order valence-electron chi connectivity index (χ2n) is 4.88. The average Bonchev–Trinajstić information content (AvgIpc) is 2.32. The Morgan fingerprint density at radius 1 is 1.47 bits per heavy atom. The van der Waals surface area contributed by atoms with Crippen molar-refractivity contribution in [2.75, 3.05) is 18.8 Å². The van der Waals surface area contributed by atoms with Crippen molar-refractivity contribution in [2.24, 2.45) is 0 Å². The van der Waals surface area contributed by atoms with Crippen LogP contribution in [0.4, 0.5) is 10.1 Å². The molecule has 0 atom stereocenters. The molecule has 1 aromatic carbocycles. The van der Waals surface area contributed by atoms with Crippen LogP contribution in [0.1, 0.15) is 26.3 Å². The molecule has 0 aliphatic carbocycles. The summed E-state index contributed by atoms with van der Waals surface area (Å²) in [5, 5.41) is 2.84. The van der Waals surface area contributed by atoms with Crippen molar-refractivity contribution < 1.29 is 9.18 Å². The molecule has 0 bridgehead atoms. The van der Waals surface area contributed by atoms with Crippen LogP contribution in [0.15, 0.2) is 18.2 Å². The lowest BCUT2D eigenvalue weighted by Gasteiger charge is -2.21. The number of hydrogen-bond donors (Lipinski definition) is 2. The number of nitrogens with zero attached hydrogens (tertiary/aromatic N) is 1. The maximum atomic E-state index is 13.3. The molecular formula is C14H22FN3O. The van der Waals surface area contributed by atoms with E-state index in [1.54, 1.807) is 12.1 Å². The molecule has 19 heavy (non-hydrogen) atoms. The van der Waals surface area contributed by atoms with Gasteiger partial charge in [0.15, 0.2) is 0 Å². The molecule has 1 rings (SSSR count). The molecular weight excluding hydrogens is 245 g/mol. The number of benzene rings is 1. The van der Waals surface area contributed by atoms with Crippen molar-refractivity contribution in [1.29, 1.82) is 0 Å². The van der Waals surface area contributed by atoms with E-state index in [4.69, 9.17) is 5.73 Å². The number of anilines is 1. The Hall–Kier alpha value is -1.62. The minimum atomic E-state index is -0.416. The first-order chi connectivity index (χ1) is 8.92. The number of halogens is 1. The number of carbonyl (C=O) groups is 1. The topological polar surface area (TPSA) is 58.4 Å². The molecule has 0 heterocycles. The first-order valence-electron chi connectivity index (χ1n) is 6.48. The van der Waals surface area contributed by atoms with E-state index < -0.39 is 5.82 Å². The molecule has 5 heteroatoms. The summed E-state index contributed by atoms with van der Waals surface area (Å²) in [4.78, 5) is 13.6. The lowest BCUT2D eigenvalue weighted by molar-refractivity contribution is -0.122. The van der Waals surface area contributed by atoms with E-state index in [-0.39, 0.29) is 17.6 Å². The number of nitrogens with two attached hydrogens (primary N) is 1. The summed E-state index contributed by atoms with van der Waals surface area (Å²) < 4.78 is 13.3. The summed E-state index contributed by atoms with van der Waals surface area (Å²) in [5.41, 5.74) is 6.39. The number of hydrogen-bond acceptors (Lipinski definition) is 3. The largest absolute Gasteiger partial charge is 0.396 e. The van der Waals surface area contributed by atoms with Crippen LogP contribution in [0.25, 0.3) is 0 Å². The third kappa shape index (κ3) is 5.26. The minimum Gasteiger partial charge on any atom is -0.396 e. The van der Waals surface area contributed by atoms with Gasteiger partial charge in [-0.05, 0) is 38.1 Å². The normalized spacial score (nSPS) is 11.1. The number of nitrogens with one attached hydrogen (secondary N) is 1. The van der Waals surface area contributed by atoms with Gasteiger partial charge in [-0.15, -0.1) is 0 Å². The summed E-state index contributed by atoms with van der Waals surface area (Å²) in [6.45, 7) is 7.36. The van der Waals surface area contributed by atoms with Crippen LogP contribution in [0.3, 0.4) is 0 Å². The Balaban J connectivity index is 2.61. The molecule has 0 spiro atoms. The minimum absolute atomic E-state index is 0.0206. The van der Waals surface area contributed by atoms with Gasteiger partial charge in [-0.2, -0.15) is 0 Å². The Kier molecular flexibility index (Phi) is 5.76. The second kappa shape index (κ2) is 7.09. The number of carbonyl (C=O) groups excluding carboxylic acids is 1. The summed E-state index contributed by atoms with van der Waals surface area (Å²) in [6, 6.07) is 4.87. The molecule has 4 nitrogen and oxygen atoms in total. The van der Waals surface area contributed by atoms with E-state index >= 15 is 0 Å². The summed E-state index contributed by atoms with van der Waals surface area (Å²) in [7, 11) is 0. The zero-order valence-corrected chi connectivity index (χ0v) is 11.7. The van der Waals surface area contributed by atoms with Crippen LogP contribution in [0, 0.1) is 5.82 Å². The van der Waals surface area contributed by atoms with E-state index in [9.17, 15) is 9.18 Å². The standard InChI is InChI=1S/C14H22FN3O/c1-4-18(9-14(19)17-10(2)3)8-11-5-6-13(16)12(15)7-11/h5-7,10H,4,8-9,16H2,1-3H3,(H,17,19). The fraction of sp³-hybridized carbons (Fsp3) is 0.500. The fourth-order valence-corrected chi connectivity index (χ4v) is 1.78. The highest BCUT2D eigenvalue weighted by molar-refractivity contribution is 5.78. The van der Waals surface area contributed by atoms with Gasteiger partial charge in [0.2, 0.25) is 5.91 Å². The van der Waals surface area contributed by atoms with E-state index in [1.165, 1.54) is 6.07 Å². The molecule has 0 aromatic heterocycles. The van der Waals surface area contributed by atoms with Crippen LogP contribution in [-0.4, -0.2) is 29.9 Å². The number of amides is 1. The Morgan fingerprint density at radius 2 is 2.16 bits per heavy atom. The highest BCUT2D eigenvalue weighted by atomic mass is 19.1. The van der Waals surface area contributed by atoms with Gasteiger partial charge in [0.1, 0.15) is 5.82 Å². The van der Waals surface area contributed by atoms with Crippen LogP contribution < -0.4 is 11.1 Å². The van der Waals surface area contributed by atoms with Crippen LogP contribution in [-0.2, 0) is 11.3 Å². The van der Waals surface area contributed by atoms with Crippen molar-refractivity contribution in [3.8, 4) is 0 Å². The summed E-state index contributed by atoms with van der Waals surface area (Å²) in [5.74, 6) is -0.437. The zero-order valence-electron chi connectivity index (χ0n) is 11.7. The van der Waals surface area contributed by atoms with Crippen LogP contribution in [0.2, 0.25) is 0 Å². The maximum absolute atomic E-state index is 13.3. The third-order valence-corrected chi connectivity index (χ3v) is 2.74. The SMILES string of the molecule is CCN(CC(=O)NC(C)C)Cc1ccc(N)c(F)c1. The number of nitrogen functional groups attached to an aromatic ring is 1. The highest BCUT2D eigenvalue weighted by Gasteiger charge is 2.11. The van der Waals surface area contributed by atoms with Crippen molar-refractivity contribution in [3.05, 3.63) is 29.6 Å². The number of rotatable bonds is 6. The van der Waals surface area contributed by atoms with Crippen molar-refractivity contribution in [3.63, 3.8) is 0 Å². The van der Waals surface area contributed by atoms with E-state index in [2.05, 4.69) is 5.32 Å². The molecule has 1 amide bonds. The van der Waals surface area contributed by atoms with Crippen molar-refractivity contribution in [1.82, 2.24) is 10.2 Å². The lowest BCUT2D eigenvalue weighted by Crippen LogP contribution is -2.39. The molecule has 0 aliphatic heterocycles. The Morgan fingerprint density at radius 3 is 2.68 bits per heavy atom. The van der Waals surface area contributed by atoms with Gasteiger partial charge >= 0.3 is 0 Å². The zero-order chi connectivity index (χ0) is 14.4. The molecule has 0 saturated heterocycles. The Bertz CT molecular complexity index is 435. The molecule has 0 saturated carbocycles. The van der Waals surface area contributed by atoms with Gasteiger partial charge < -0.3 is 11.1 Å². The van der Waals surface area contributed by atoms with Gasteiger partial charge in [-0.25, -0.2) is 4.39 Å². The first kappa shape index (κ1) is 15.4. The predicted octanol–water partition coefficient (Wildman–Crippen LogP) is 1.75. The first-order valence-corrected chi connectivity index (χ1v) is 6.48. The summed E-state index contributed by atoms with van der Waals surface area (Å²) >= 11 is 0. The van der Waals surface area contributed by atoms with E-state index in [1.807, 2.05) is 25.7 Å². The van der Waals surface area contributed by atoms with Gasteiger partial charge in [-0.3, -0.25) is 9.69 Å². The predicted molar refractivity (Wildman–Crippen MR) is 75.0 cm³/mol. The van der Waals surface area contributed by atoms with E-state index in [0.717, 1.165) is 12.1 Å². The van der Waals surface area contributed by atoms with E-state index in [0.29, 0.717) is 13.1 Å². The maximum Gasteiger partial charge on any atom is 0.234 e. The van der Waals surface area contributed by atoms with Crippen LogP contribution >= 0.6 is 0 Å². The van der Waals surface area contributed by atoms with Gasteiger partial charge in [0, 0.05) is 12.6 Å². The molecule has 0 fully saturated rings. The van der Waals surface area contributed by atoms with Crippen molar-refractivity contribution in [2.45, 2.75) is 33.4 Å².